The summed E-state index contributed by atoms with van der Waals surface area (Å²) in [7, 11) is 1.61. The van der Waals surface area contributed by atoms with Gasteiger partial charge in [0, 0.05) is 44.8 Å². The Bertz CT molecular complexity index is 728. The molecule has 3 rings (SSSR count). The standard InChI is InChI=1S/C23H31N3O2/c1-28-22-11-7-10-21(18-22)23(27)24-12-5-6-13-25-14-16-26(17-15-25)19-20-8-3-2-4-9-20/h2-4,7-11,18H,5-6,12-17,19H2,1H3,(H,24,27). The molecule has 1 fully saturated rings. The predicted octanol–water partition coefficient (Wildman–Crippen LogP) is 3.02. The van der Waals surface area contributed by atoms with Crippen LogP contribution in [0.15, 0.2) is 54.6 Å². The summed E-state index contributed by atoms with van der Waals surface area (Å²) in [5, 5.41) is 3.00. The molecule has 1 heterocycles. The number of rotatable bonds is 9. The number of carbonyl (C=O) groups is 1. The maximum Gasteiger partial charge on any atom is 0.251 e. The summed E-state index contributed by atoms with van der Waals surface area (Å²) in [5.74, 6) is 0.674. The molecule has 1 aliphatic rings. The fourth-order valence-corrected chi connectivity index (χ4v) is 3.54. The Kier molecular flexibility index (Phi) is 7.88. The molecule has 0 unspecified atom stereocenters. The van der Waals surface area contributed by atoms with Crippen LogP contribution >= 0.6 is 0 Å². The largest absolute Gasteiger partial charge is 0.497 e. The van der Waals surface area contributed by atoms with Gasteiger partial charge in [-0.2, -0.15) is 0 Å². The third-order valence-corrected chi connectivity index (χ3v) is 5.23. The fraction of sp³-hybridized carbons (Fsp3) is 0.435. The second-order valence-electron chi connectivity index (χ2n) is 7.30. The number of nitrogens with zero attached hydrogens (tertiary/aromatic N) is 2. The van der Waals surface area contributed by atoms with Crippen LogP contribution < -0.4 is 10.1 Å². The van der Waals surface area contributed by atoms with Gasteiger partial charge < -0.3 is 15.0 Å². The van der Waals surface area contributed by atoms with Crippen LogP contribution in [0.5, 0.6) is 5.75 Å². The Morgan fingerprint density at radius 1 is 0.964 bits per heavy atom. The van der Waals surface area contributed by atoms with E-state index < -0.39 is 0 Å². The highest BCUT2D eigenvalue weighted by Gasteiger charge is 2.16. The number of carbonyl (C=O) groups excluding carboxylic acids is 1. The molecule has 1 aliphatic heterocycles. The van der Waals surface area contributed by atoms with Gasteiger partial charge in [0.25, 0.3) is 5.91 Å². The molecule has 2 aromatic rings. The zero-order chi connectivity index (χ0) is 19.6. The first kappa shape index (κ1) is 20.4. The van der Waals surface area contributed by atoms with E-state index in [1.807, 2.05) is 18.2 Å². The molecule has 0 radical (unpaired) electrons. The van der Waals surface area contributed by atoms with Crippen molar-refractivity contribution in [3.8, 4) is 5.75 Å². The van der Waals surface area contributed by atoms with Crippen molar-refractivity contribution in [2.45, 2.75) is 19.4 Å². The van der Waals surface area contributed by atoms with Gasteiger partial charge in [0.15, 0.2) is 0 Å². The van der Waals surface area contributed by atoms with Crippen LogP contribution in [-0.2, 0) is 6.54 Å². The molecule has 1 amide bonds. The topological polar surface area (TPSA) is 44.8 Å². The summed E-state index contributed by atoms with van der Waals surface area (Å²) < 4.78 is 5.17. The summed E-state index contributed by atoms with van der Waals surface area (Å²) in [6, 6.07) is 18.0. The maximum atomic E-state index is 12.2. The van der Waals surface area contributed by atoms with Crippen LogP contribution in [0.2, 0.25) is 0 Å². The van der Waals surface area contributed by atoms with Crippen molar-refractivity contribution in [1.29, 1.82) is 0 Å². The molecule has 0 aliphatic carbocycles. The molecular weight excluding hydrogens is 350 g/mol. The Labute approximate surface area is 168 Å². The molecule has 0 spiro atoms. The highest BCUT2D eigenvalue weighted by Crippen LogP contribution is 2.12. The van der Waals surface area contributed by atoms with Crippen molar-refractivity contribution in [3.05, 3.63) is 65.7 Å². The van der Waals surface area contributed by atoms with E-state index in [9.17, 15) is 4.79 Å². The lowest BCUT2D eigenvalue weighted by molar-refractivity contribution is 0.0951. The molecule has 5 nitrogen and oxygen atoms in total. The average molecular weight is 382 g/mol. The molecule has 2 aromatic carbocycles. The van der Waals surface area contributed by atoms with Crippen LogP contribution in [0.25, 0.3) is 0 Å². The van der Waals surface area contributed by atoms with Gasteiger partial charge in [-0.05, 0) is 43.1 Å². The zero-order valence-electron chi connectivity index (χ0n) is 16.8. The molecule has 28 heavy (non-hydrogen) atoms. The number of hydrogen-bond acceptors (Lipinski definition) is 4. The van der Waals surface area contributed by atoms with Crippen LogP contribution in [0.3, 0.4) is 0 Å². The van der Waals surface area contributed by atoms with Gasteiger partial charge >= 0.3 is 0 Å². The van der Waals surface area contributed by atoms with E-state index in [1.165, 1.54) is 5.56 Å². The van der Waals surface area contributed by atoms with Gasteiger partial charge in [0.1, 0.15) is 5.75 Å². The van der Waals surface area contributed by atoms with Gasteiger partial charge in [-0.15, -0.1) is 0 Å². The minimum atomic E-state index is -0.0339. The Hall–Kier alpha value is -2.37. The second-order valence-corrected chi connectivity index (χ2v) is 7.30. The lowest BCUT2D eigenvalue weighted by atomic mass is 10.2. The molecule has 0 bridgehead atoms. The number of benzene rings is 2. The third kappa shape index (κ3) is 6.36. The normalized spacial score (nSPS) is 15.3. The average Bonchev–Trinajstić information content (AvgIpc) is 2.75. The quantitative estimate of drug-likeness (QED) is 0.678. The molecule has 1 saturated heterocycles. The van der Waals surface area contributed by atoms with E-state index in [-0.39, 0.29) is 5.91 Å². The minimum absolute atomic E-state index is 0.0339. The van der Waals surface area contributed by atoms with E-state index in [1.54, 1.807) is 13.2 Å². The van der Waals surface area contributed by atoms with E-state index >= 15 is 0 Å². The van der Waals surface area contributed by atoms with E-state index in [2.05, 4.69) is 45.4 Å². The zero-order valence-corrected chi connectivity index (χ0v) is 16.8. The van der Waals surface area contributed by atoms with Crippen molar-refractivity contribution in [1.82, 2.24) is 15.1 Å². The van der Waals surface area contributed by atoms with Gasteiger partial charge in [0.2, 0.25) is 0 Å². The first-order valence-electron chi connectivity index (χ1n) is 10.2. The van der Waals surface area contributed by atoms with Crippen LogP contribution in [0, 0.1) is 0 Å². The lowest BCUT2D eigenvalue weighted by Crippen LogP contribution is -2.46. The Morgan fingerprint density at radius 3 is 2.46 bits per heavy atom. The Balaban J connectivity index is 1.27. The summed E-state index contributed by atoms with van der Waals surface area (Å²) >= 11 is 0. The number of ether oxygens (including phenoxy) is 1. The van der Waals surface area contributed by atoms with E-state index in [4.69, 9.17) is 4.74 Å². The minimum Gasteiger partial charge on any atom is -0.497 e. The molecule has 1 N–H and O–H groups in total. The number of hydrogen-bond donors (Lipinski definition) is 1. The van der Waals surface area contributed by atoms with Crippen molar-refractivity contribution in [2.24, 2.45) is 0 Å². The van der Waals surface area contributed by atoms with Crippen molar-refractivity contribution < 1.29 is 9.53 Å². The first-order chi connectivity index (χ1) is 13.7. The maximum absolute atomic E-state index is 12.2. The van der Waals surface area contributed by atoms with E-state index in [0.717, 1.165) is 52.1 Å². The summed E-state index contributed by atoms with van der Waals surface area (Å²) in [5.41, 5.74) is 2.04. The molecular formula is C23H31N3O2. The van der Waals surface area contributed by atoms with Crippen LogP contribution in [0.1, 0.15) is 28.8 Å². The number of nitrogens with one attached hydrogen (secondary N) is 1. The van der Waals surface area contributed by atoms with E-state index in [0.29, 0.717) is 17.9 Å². The van der Waals surface area contributed by atoms with Crippen LogP contribution in [-0.4, -0.2) is 62.1 Å². The summed E-state index contributed by atoms with van der Waals surface area (Å²) in [4.78, 5) is 17.2. The highest BCUT2D eigenvalue weighted by molar-refractivity contribution is 5.94. The van der Waals surface area contributed by atoms with Gasteiger partial charge in [-0.3, -0.25) is 9.69 Å². The predicted molar refractivity (Wildman–Crippen MR) is 113 cm³/mol. The molecule has 5 heteroatoms. The number of piperazine rings is 1. The van der Waals surface area contributed by atoms with Gasteiger partial charge in [-0.1, -0.05) is 36.4 Å². The van der Waals surface area contributed by atoms with Crippen LogP contribution in [0.4, 0.5) is 0 Å². The fourth-order valence-electron chi connectivity index (χ4n) is 3.54. The Morgan fingerprint density at radius 2 is 1.71 bits per heavy atom. The summed E-state index contributed by atoms with van der Waals surface area (Å²) in [6.07, 6.45) is 2.11. The van der Waals surface area contributed by atoms with Crippen molar-refractivity contribution in [2.75, 3.05) is 46.4 Å². The second kappa shape index (κ2) is 10.8. The van der Waals surface area contributed by atoms with Gasteiger partial charge in [-0.25, -0.2) is 0 Å². The lowest BCUT2D eigenvalue weighted by Gasteiger charge is -2.34. The van der Waals surface area contributed by atoms with Crippen molar-refractivity contribution in [3.63, 3.8) is 0 Å². The molecule has 0 atom stereocenters. The molecule has 0 saturated carbocycles. The SMILES string of the molecule is COc1cccc(C(=O)NCCCCN2CCN(Cc3ccccc3)CC2)c1. The monoisotopic (exact) mass is 381 g/mol. The number of methoxy groups -OCH3 is 1. The summed E-state index contributed by atoms with van der Waals surface area (Å²) in [6.45, 7) is 7.37. The first-order valence-corrected chi connectivity index (χ1v) is 10.2. The highest BCUT2D eigenvalue weighted by atomic mass is 16.5. The molecule has 150 valence electrons. The molecule has 0 aromatic heterocycles. The van der Waals surface area contributed by atoms with Crippen molar-refractivity contribution >= 4 is 5.91 Å². The smallest absolute Gasteiger partial charge is 0.251 e. The number of amides is 1. The number of unbranched alkanes of at least 4 members (excludes halogenated alkanes) is 1. The third-order valence-electron chi connectivity index (χ3n) is 5.23. The van der Waals surface area contributed by atoms with Gasteiger partial charge in [0.05, 0.1) is 7.11 Å².